The molecule has 0 bridgehead atoms. The van der Waals surface area contributed by atoms with Crippen molar-refractivity contribution in [3.63, 3.8) is 0 Å². The van der Waals surface area contributed by atoms with Crippen LogP contribution in [0.5, 0.6) is 0 Å². The van der Waals surface area contributed by atoms with Crippen molar-refractivity contribution < 1.29 is 13.7 Å². The Kier molecular flexibility index (Phi) is 3.94. The van der Waals surface area contributed by atoms with Crippen molar-refractivity contribution in [2.75, 3.05) is 6.54 Å². The third kappa shape index (κ3) is 3.19. The fraction of sp³-hybridized carbons (Fsp3) is 0.286. The minimum absolute atomic E-state index is 0.215. The van der Waals surface area contributed by atoms with E-state index in [1.165, 1.54) is 12.1 Å². The van der Waals surface area contributed by atoms with Gasteiger partial charge in [0.25, 0.3) is 5.91 Å². The normalized spacial score (nSPS) is 10.5. The number of nitrogens with one attached hydrogen (secondary N) is 1. The van der Waals surface area contributed by atoms with E-state index in [4.69, 9.17) is 4.52 Å². The molecule has 0 unspecified atom stereocenters. The molecule has 0 atom stereocenters. The van der Waals surface area contributed by atoms with Crippen molar-refractivity contribution >= 4 is 5.91 Å². The van der Waals surface area contributed by atoms with Crippen molar-refractivity contribution in [2.45, 2.75) is 20.3 Å². The summed E-state index contributed by atoms with van der Waals surface area (Å²) in [5.41, 5.74) is 1.89. The molecule has 0 saturated carbocycles. The van der Waals surface area contributed by atoms with Crippen LogP contribution >= 0.6 is 0 Å². The number of nitrogens with zero attached hydrogens (tertiary/aromatic N) is 1. The van der Waals surface area contributed by atoms with Gasteiger partial charge in [-0.1, -0.05) is 17.3 Å². The van der Waals surface area contributed by atoms with Gasteiger partial charge in [-0.25, -0.2) is 4.39 Å². The Morgan fingerprint density at radius 3 is 2.84 bits per heavy atom. The van der Waals surface area contributed by atoms with Crippen LogP contribution in [0.15, 0.2) is 28.8 Å². The van der Waals surface area contributed by atoms with E-state index in [0.717, 1.165) is 5.56 Å². The number of amides is 1. The van der Waals surface area contributed by atoms with Crippen molar-refractivity contribution in [2.24, 2.45) is 0 Å². The largest absolute Gasteiger partial charge is 0.361 e. The van der Waals surface area contributed by atoms with Crippen LogP contribution in [0.25, 0.3) is 0 Å². The molecule has 0 radical (unpaired) electrons. The molecular weight excluding hydrogens is 247 g/mol. The summed E-state index contributed by atoms with van der Waals surface area (Å²) < 4.78 is 17.9. The van der Waals surface area contributed by atoms with Crippen LogP contribution in [0, 0.1) is 19.7 Å². The average molecular weight is 262 g/mol. The van der Waals surface area contributed by atoms with Crippen LogP contribution in [0.3, 0.4) is 0 Å². The van der Waals surface area contributed by atoms with Gasteiger partial charge in [-0.05, 0) is 38.0 Å². The van der Waals surface area contributed by atoms with Crippen LogP contribution in [-0.2, 0) is 6.42 Å². The quantitative estimate of drug-likeness (QED) is 0.920. The molecule has 100 valence electrons. The zero-order valence-corrected chi connectivity index (χ0v) is 10.9. The summed E-state index contributed by atoms with van der Waals surface area (Å²) in [7, 11) is 0. The highest BCUT2D eigenvalue weighted by Gasteiger charge is 2.16. The molecule has 0 fully saturated rings. The van der Waals surface area contributed by atoms with E-state index in [2.05, 4.69) is 10.5 Å². The fourth-order valence-corrected chi connectivity index (χ4v) is 1.91. The third-order valence-corrected chi connectivity index (χ3v) is 2.85. The summed E-state index contributed by atoms with van der Waals surface area (Å²) in [6.45, 7) is 3.85. The summed E-state index contributed by atoms with van der Waals surface area (Å²) in [6, 6.07) is 6.33. The number of carbonyl (C=O) groups excluding carboxylic acids is 1. The van der Waals surface area contributed by atoms with Crippen molar-refractivity contribution in [3.05, 3.63) is 52.7 Å². The Balaban J connectivity index is 1.91. The molecule has 0 aliphatic rings. The van der Waals surface area contributed by atoms with E-state index in [1.807, 2.05) is 6.07 Å². The van der Waals surface area contributed by atoms with Crippen LogP contribution in [0.2, 0.25) is 0 Å². The molecule has 19 heavy (non-hydrogen) atoms. The summed E-state index contributed by atoms with van der Waals surface area (Å²) >= 11 is 0. The maximum Gasteiger partial charge on any atom is 0.256 e. The lowest BCUT2D eigenvalue weighted by Gasteiger charge is -2.05. The van der Waals surface area contributed by atoms with Gasteiger partial charge in [0, 0.05) is 6.54 Å². The number of halogens is 1. The first-order chi connectivity index (χ1) is 9.08. The number of benzene rings is 1. The van der Waals surface area contributed by atoms with Gasteiger partial charge in [0.15, 0.2) is 0 Å². The Morgan fingerprint density at radius 1 is 1.42 bits per heavy atom. The molecule has 1 aromatic carbocycles. The van der Waals surface area contributed by atoms with Crippen LogP contribution in [0.1, 0.15) is 27.4 Å². The molecule has 0 spiro atoms. The molecule has 5 heteroatoms. The first-order valence-corrected chi connectivity index (χ1v) is 6.03. The van der Waals surface area contributed by atoms with E-state index >= 15 is 0 Å². The molecule has 0 aliphatic carbocycles. The lowest BCUT2D eigenvalue weighted by molar-refractivity contribution is 0.0952. The topological polar surface area (TPSA) is 55.1 Å². The molecule has 1 N–H and O–H groups in total. The van der Waals surface area contributed by atoms with Crippen LogP contribution < -0.4 is 5.32 Å². The highest BCUT2D eigenvalue weighted by Crippen LogP contribution is 2.11. The molecule has 1 amide bonds. The first-order valence-electron chi connectivity index (χ1n) is 6.03. The predicted octanol–water partition coefficient (Wildman–Crippen LogP) is 2.40. The van der Waals surface area contributed by atoms with Gasteiger partial charge in [-0.15, -0.1) is 0 Å². The van der Waals surface area contributed by atoms with Gasteiger partial charge >= 0.3 is 0 Å². The molecule has 1 heterocycles. The second kappa shape index (κ2) is 5.65. The van der Waals surface area contributed by atoms with E-state index in [-0.39, 0.29) is 11.7 Å². The minimum Gasteiger partial charge on any atom is -0.361 e. The number of hydrogen-bond acceptors (Lipinski definition) is 3. The fourth-order valence-electron chi connectivity index (χ4n) is 1.91. The first kappa shape index (κ1) is 13.3. The van der Waals surface area contributed by atoms with Gasteiger partial charge in [-0.3, -0.25) is 4.79 Å². The number of rotatable bonds is 4. The molecule has 0 aliphatic heterocycles. The highest BCUT2D eigenvalue weighted by molar-refractivity contribution is 5.96. The molecular formula is C14H15FN2O2. The molecule has 4 nitrogen and oxygen atoms in total. The monoisotopic (exact) mass is 262 g/mol. The minimum atomic E-state index is -0.269. The summed E-state index contributed by atoms with van der Waals surface area (Å²) in [6.07, 6.45) is 0.576. The summed E-state index contributed by atoms with van der Waals surface area (Å²) in [4.78, 5) is 11.9. The lowest BCUT2D eigenvalue weighted by atomic mass is 10.1. The Hall–Kier alpha value is -2.17. The molecule has 2 aromatic rings. The number of hydrogen-bond donors (Lipinski definition) is 1. The smallest absolute Gasteiger partial charge is 0.256 e. The van der Waals surface area contributed by atoms with Gasteiger partial charge in [0.05, 0.1) is 5.69 Å². The van der Waals surface area contributed by atoms with Gasteiger partial charge in [0.1, 0.15) is 17.1 Å². The van der Waals surface area contributed by atoms with Crippen molar-refractivity contribution in [1.29, 1.82) is 0 Å². The number of aryl methyl sites for hydroxylation is 2. The standard InChI is InChI=1S/C14H15FN2O2/c1-9-13(10(2)19-17-9)14(18)16-7-6-11-4-3-5-12(15)8-11/h3-5,8H,6-7H2,1-2H3,(H,16,18). The van der Waals surface area contributed by atoms with Gasteiger partial charge in [-0.2, -0.15) is 0 Å². The third-order valence-electron chi connectivity index (χ3n) is 2.85. The zero-order chi connectivity index (χ0) is 13.8. The van der Waals surface area contributed by atoms with Crippen LogP contribution in [0.4, 0.5) is 4.39 Å². The SMILES string of the molecule is Cc1noc(C)c1C(=O)NCCc1cccc(F)c1. The van der Waals surface area contributed by atoms with E-state index < -0.39 is 0 Å². The van der Waals surface area contributed by atoms with Crippen LogP contribution in [-0.4, -0.2) is 17.6 Å². The number of aromatic nitrogens is 1. The van der Waals surface area contributed by atoms with Gasteiger partial charge in [0.2, 0.25) is 0 Å². The highest BCUT2D eigenvalue weighted by atomic mass is 19.1. The maximum atomic E-state index is 13.0. The lowest BCUT2D eigenvalue weighted by Crippen LogP contribution is -2.26. The van der Waals surface area contributed by atoms with Gasteiger partial charge < -0.3 is 9.84 Å². The predicted molar refractivity (Wildman–Crippen MR) is 68.4 cm³/mol. The van der Waals surface area contributed by atoms with E-state index in [9.17, 15) is 9.18 Å². The van der Waals surface area contributed by atoms with E-state index in [1.54, 1.807) is 19.9 Å². The second-order valence-corrected chi connectivity index (χ2v) is 4.33. The summed E-state index contributed by atoms with van der Waals surface area (Å²) in [5, 5.41) is 6.50. The molecule has 2 rings (SSSR count). The maximum absolute atomic E-state index is 13.0. The molecule has 0 saturated heterocycles. The second-order valence-electron chi connectivity index (χ2n) is 4.33. The number of carbonyl (C=O) groups is 1. The summed E-state index contributed by atoms with van der Waals surface area (Å²) in [5.74, 6) is 0.0166. The van der Waals surface area contributed by atoms with Crippen molar-refractivity contribution in [3.8, 4) is 0 Å². The Labute approximate surface area is 110 Å². The van der Waals surface area contributed by atoms with Crippen molar-refractivity contribution in [1.82, 2.24) is 10.5 Å². The molecule has 1 aromatic heterocycles. The average Bonchev–Trinajstić information content (AvgIpc) is 2.69. The Bertz CT molecular complexity index is 573. The Morgan fingerprint density at radius 2 is 2.21 bits per heavy atom. The van der Waals surface area contributed by atoms with E-state index in [0.29, 0.717) is 30.0 Å². The zero-order valence-electron chi connectivity index (χ0n) is 10.9.